The lowest BCUT2D eigenvalue weighted by Crippen LogP contribution is -2.34. The Kier molecular flexibility index (Phi) is 7.95. The van der Waals surface area contributed by atoms with E-state index in [4.69, 9.17) is 28.3 Å². The van der Waals surface area contributed by atoms with Gasteiger partial charge in [-0.2, -0.15) is 5.10 Å². The minimum atomic E-state index is -1.07. The van der Waals surface area contributed by atoms with E-state index in [1.54, 1.807) is 25.1 Å². The largest absolute Gasteiger partial charge is 0.480 e. The van der Waals surface area contributed by atoms with Gasteiger partial charge in [0.2, 0.25) is 5.91 Å². The first-order valence-corrected chi connectivity index (χ1v) is 13.0. The number of hydrogen-bond donors (Lipinski definition) is 2. The molecule has 5 rings (SSSR count). The van der Waals surface area contributed by atoms with Crippen molar-refractivity contribution in [2.75, 3.05) is 5.32 Å². The highest BCUT2D eigenvalue weighted by molar-refractivity contribution is 6.31. The first-order valence-electron chi connectivity index (χ1n) is 12.2. The maximum Gasteiger partial charge on any atom is 0.325 e. The van der Waals surface area contributed by atoms with E-state index in [0.717, 1.165) is 5.56 Å². The third-order valence-corrected chi connectivity index (χ3v) is 6.60. The Bertz CT molecular complexity index is 1800. The molecule has 14 heteroatoms. The summed E-state index contributed by atoms with van der Waals surface area (Å²) in [6, 6.07) is 14.6. The van der Waals surface area contributed by atoms with Crippen molar-refractivity contribution in [1.82, 2.24) is 34.3 Å². The molecule has 1 unspecified atom stereocenters. The highest BCUT2D eigenvalue weighted by Crippen LogP contribution is 2.28. The van der Waals surface area contributed by atoms with E-state index >= 15 is 0 Å². The van der Waals surface area contributed by atoms with Crippen LogP contribution in [0.1, 0.15) is 17.3 Å². The van der Waals surface area contributed by atoms with Crippen LogP contribution in [0.3, 0.4) is 0 Å². The number of rotatable bonds is 9. The monoisotopic (exact) mass is 592 g/mol. The molecule has 0 aliphatic rings. The number of carboxylic acid groups (broad SMARTS) is 1. The van der Waals surface area contributed by atoms with E-state index in [2.05, 4.69) is 25.7 Å². The smallest absolute Gasteiger partial charge is 0.325 e. The summed E-state index contributed by atoms with van der Waals surface area (Å²) < 4.78 is 3.91. The van der Waals surface area contributed by atoms with E-state index in [0.29, 0.717) is 33.3 Å². The van der Waals surface area contributed by atoms with E-state index in [-0.39, 0.29) is 18.1 Å². The number of hydrogen-bond acceptors (Lipinski definition) is 7. The van der Waals surface area contributed by atoms with Crippen LogP contribution in [0, 0.1) is 6.92 Å². The Morgan fingerprint density at radius 1 is 1.07 bits per heavy atom. The van der Waals surface area contributed by atoms with Crippen LogP contribution >= 0.6 is 23.2 Å². The van der Waals surface area contributed by atoms with Gasteiger partial charge in [0.05, 0.1) is 35.3 Å². The van der Waals surface area contributed by atoms with Crippen LogP contribution in [-0.4, -0.2) is 51.3 Å². The van der Waals surface area contributed by atoms with Gasteiger partial charge in [-0.05, 0) is 30.7 Å². The number of carboxylic acids is 1. The Labute approximate surface area is 242 Å². The predicted molar refractivity (Wildman–Crippen MR) is 151 cm³/mol. The van der Waals surface area contributed by atoms with Gasteiger partial charge in [-0.3, -0.25) is 23.6 Å². The molecule has 0 radical (unpaired) electrons. The molecule has 0 aliphatic carbocycles. The lowest BCUT2D eigenvalue weighted by molar-refractivity contribution is -0.137. The number of amides is 1. The van der Waals surface area contributed by atoms with Crippen LogP contribution in [0.2, 0.25) is 10.2 Å². The normalized spacial score (nSPS) is 11.8. The number of carbonyl (C=O) groups is 2. The maximum atomic E-state index is 13.6. The van der Waals surface area contributed by atoms with Gasteiger partial charge in [0.1, 0.15) is 12.6 Å². The number of aryl methyl sites for hydroxylation is 1. The molecule has 2 aromatic carbocycles. The number of aromatic nitrogens is 7. The van der Waals surface area contributed by atoms with Crippen molar-refractivity contribution in [1.29, 1.82) is 0 Å². The highest BCUT2D eigenvalue weighted by atomic mass is 35.5. The molecule has 3 aromatic heterocycles. The lowest BCUT2D eigenvalue weighted by Gasteiger charge is -2.20. The summed E-state index contributed by atoms with van der Waals surface area (Å²) in [4.78, 5) is 42.7. The molecule has 0 aliphatic heterocycles. The number of aliphatic carboxylic acids is 1. The lowest BCUT2D eigenvalue weighted by atomic mass is 10.0. The molecule has 12 nitrogen and oxygen atoms in total. The van der Waals surface area contributed by atoms with Gasteiger partial charge in [0.15, 0.2) is 5.15 Å². The fraction of sp³-hybridized carbons (Fsp3) is 0.148. The topological polar surface area (TPSA) is 150 Å². The molecule has 208 valence electrons. The molecule has 0 bridgehead atoms. The Morgan fingerprint density at radius 2 is 1.85 bits per heavy atom. The number of anilines is 1. The van der Waals surface area contributed by atoms with Crippen molar-refractivity contribution in [3.63, 3.8) is 0 Å². The summed E-state index contributed by atoms with van der Waals surface area (Å²) in [5, 5.41) is 24.4. The molecule has 0 saturated carbocycles. The van der Waals surface area contributed by atoms with Crippen molar-refractivity contribution in [2.24, 2.45) is 0 Å². The number of carbonyl (C=O) groups excluding carboxylic acids is 1. The zero-order valence-corrected chi connectivity index (χ0v) is 23.0. The highest BCUT2D eigenvalue weighted by Gasteiger charge is 2.25. The van der Waals surface area contributed by atoms with Crippen molar-refractivity contribution in [3.8, 4) is 16.9 Å². The number of halogens is 2. The Hall–Kier alpha value is -4.81. The maximum absolute atomic E-state index is 13.6. The van der Waals surface area contributed by atoms with E-state index < -0.39 is 23.5 Å². The van der Waals surface area contributed by atoms with E-state index in [1.165, 1.54) is 38.7 Å². The number of nitrogens with one attached hydrogen (secondary N) is 1. The number of benzene rings is 2. The van der Waals surface area contributed by atoms with Crippen LogP contribution in [0.5, 0.6) is 0 Å². The zero-order chi connectivity index (χ0) is 29.1. The molecule has 1 atom stereocenters. The molecule has 0 spiro atoms. The molecule has 1 amide bonds. The third-order valence-electron chi connectivity index (χ3n) is 6.19. The van der Waals surface area contributed by atoms with Gasteiger partial charge in [-0.25, -0.2) is 9.67 Å². The molecular formula is C27H22Cl2N8O4. The van der Waals surface area contributed by atoms with Crippen LogP contribution in [0.15, 0.2) is 78.1 Å². The standard InChI is InChI=1S/C27H22Cl2N8O4/c1-16-21(12-35(33-16)14-26(39)40)31-27(41)23(9-17-5-3-2-4-6-17)36-15-30-20(11-25(36)38)19-10-18(28)7-8-22(19)37-13-24(29)32-34-37/h2-8,10-13,15,23H,9,14H2,1H3,(H,31,41)(H,39,40). The second-order valence-electron chi connectivity index (χ2n) is 9.08. The van der Waals surface area contributed by atoms with Gasteiger partial charge in [0.25, 0.3) is 5.56 Å². The molecule has 0 saturated heterocycles. The Morgan fingerprint density at radius 3 is 2.54 bits per heavy atom. The minimum absolute atomic E-state index is 0.188. The van der Waals surface area contributed by atoms with Gasteiger partial charge < -0.3 is 10.4 Å². The molecule has 5 aromatic rings. The summed E-state index contributed by atoms with van der Waals surface area (Å²) in [5.74, 6) is -1.57. The first kappa shape index (κ1) is 27.7. The second kappa shape index (κ2) is 11.7. The average Bonchev–Trinajstić information content (AvgIpc) is 3.51. The first-order chi connectivity index (χ1) is 19.7. The fourth-order valence-electron chi connectivity index (χ4n) is 4.30. The molecular weight excluding hydrogens is 571 g/mol. The fourth-order valence-corrected chi connectivity index (χ4v) is 4.60. The Balaban J connectivity index is 1.51. The molecule has 0 fully saturated rings. The summed E-state index contributed by atoms with van der Waals surface area (Å²) in [6.07, 6.45) is 4.44. The van der Waals surface area contributed by atoms with Crippen LogP contribution < -0.4 is 10.9 Å². The number of nitrogens with zero attached hydrogens (tertiary/aromatic N) is 7. The van der Waals surface area contributed by atoms with Gasteiger partial charge in [-0.1, -0.05) is 58.7 Å². The second-order valence-corrected chi connectivity index (χ2v) is 9.90. The molecule has 41 heavy (non-hydrogen) atoms. The van der Waals surface area contributed by atoms with Crippen molar-refractivity contribution < 1.29 is 14.7 Å². The zero-order valence-electron chi connectivity index (χ0n) is 21.5. The predicted octanol–water partition coefficient (Wildman–Crippen LogP) is 3.81. The van der Waals surface area contributed by atoms with Crippen LogP contribution in [-0.2, 0) is 22.6 Å². The SMILES string of the molecule is Cc1nn(CC(=O)O)cc1NC(=O)C(Cc1ccccc1)n1cnc(-c2cc(Cl)ccc2-n2cc(Cl)nn2)cc1=O. The molecule has 2 N–H and O–H groups in total. The van der Waals surface area contributed by atoms with E-state index in [9.17, 15) is 14.4 Å². The van der Waals surface area contributed by atoms with Gasteiger partial charge >= 0.3 is 5.97 Å². The van der Waals surface area contributed by atoms with Gasteiger partial charge in [0, 0.05) is 29.3 Å². The molecule has 3 heterocycles. The average molecular weight is 593 g/mol. The van der Waals surface area contributed by atoms with Crippen LogP contribution in [0.4, 0.5) is 5.69 Å². The van der Waals surface area contributed by atoms with Gasteiger partial charge in [-0.15, -0.1) is 5.10 Å². The third kappa shape index (κ3) is 6.34. The van der Waals surface area contributed by atoms with Crippen molar-refractivity contribution in [3.05, 3.63) is 105 Å². The minimum Gasteiger partial charge on any atom is -0.480 e. The quantitative estimate of drug-likeness (QED) is 0.262. The van der Waals surface area contributed by atoms with Crippen molar-refractivity contribution >= 4 is 40.8 Å². The van der Waals surface area contributed by atoms with Crippen LogP contribution in [0.25, 0.3) is 16.9 Å². The summed E-state index contributed by atoms with van der Waals surface area (Å²) in [6.45, 7) is 1.29. The summed E-state index contributed by atoms with van der Waals surface area (Å²) >= 11 is 12.2. The van der Waals surface area contributed by atoms with Crippen molar-refractivity contribution in [2.45, 2.75) is 25.9 Å². The summed E-state index contributed by atoms with van der Waals surface area (Å²) in [5.41, 5.74) is 2.47. The summed E-state index contributed by atoms with van der Waals surface area (Å²) in [7, 11) is 0. The van der Waals surface area contributed by atoms with E-state index in [1.807, 2.05) is 30.3 Å².